The Morgan fingerprint density at radius 2 is 2.10 bits per heavy atom. The molecule has 3 aromatic rings. The van der Waals surface area contributed by atoms with Crippen LogP contribution in [-0.4, -0.2) is 69.8 Å². The van der Waals surface area contributed by atoms with E-state index in [-0.39, 0.29) is 17.9 Å². The highest BCUT2D eigenvalue weighted by Gasteiger charge is 2.45. The number of nitrogens with one attached hydrogen (secondary N) is 1. The minimum Gasteiger partial charge on any atom is -0.370 e. The third kappa shape index (κ3) is 2.51. The topological polar surface area (TPSA) is 96.3 Å². The van der Waals surface area contributed by atoms with Crippen LogP contribution in [0.2, 0.25) is 0 Å². The van der Waals surface area contributed by atoms with Crippen LogP contribution in [0.25, 0.3) is 22.3 Å². The molecule has 1 unspecified atom stereocenters. The number of fused-ring (bicyclic) bond motifs is 3. The van der Waals surface area contributed by atoms with Gasteiger partial charge in [-0.2, -0.15) is 5.10 Å². The van der Waals surface area contributed by atoms with Gasteiger partial charge >= 0.3 is 0 Å². The lowest BCUT2D eigenvalue weighted by atomic mass is 9.82. The molecule has 0 aromatic carbocycles. The van der Waals surface area contributed by atoms with Crippen LogP contribution >= 0.6 is 0 Å². The van der Waals surface area contributed by atoms with E-state index in [2.05, 4.69) is 20.7 Å². The minimum atomic E-state index is -0.0450. The maximum absolute atomic E-state index is 12.3. The molecule has 0 saturated carbocycles. The number of pyridine rings is 1. The molecule has 0 radical (unpaired) electrons. The van der Waals surface area contributed by atoms with E-state index in [1.165, 1.54) is 5.69 Å². The highest BCUT2D eigenvalue weighted by Crippen LogP contribution is 2.43. The number of H-pyrrole nitrogens is 1. The molecule has 1 N–H and O–H groups in total. The van der Waals surface area contributed by atoms with Crippen molar-refractivity contribution in [2.24, 2.45) is 0 Å². The van der Waals surface area contributed by atoms with Gasteiger partial charge in [-0.15, -0.1) is 0 Å². The molecule has 3 aliphatic rings. The first-order valence-electron chi connectivity index (χ1n) is 10.3. The number of carbonyl (C=O) groups is 2. The lowest BCUT2D eigenvalue weighted by Gasteiger charge is -2.26. The van der Waals surface area contributed by atoms with E-state index >= 15 is 0 Å². The Labute approximate surface area is 172 Å². The van der Waals surface area contributed by atoms with E-state index in [4.69, 9.17) is 9.84 Å². The molecule has 2 saturated heterocycles. The molecule has 2 fully saturated rings. The second-order valence-electron chi connectivity index (χ2n) is 8.39. The molecule has 154 valence electrons. The lowest BCUT2D eigenvalue weighted by molar-refractivity contribution is -0.125. The van der Waals surface area contributed by atoms with Crippen LogP contribution in [0.15, 0.2) is 24.5 Å². The zero-order valence-electron chi connectivity index (χ0n) is 16.5. The number of amides is 2. The van der Waals surface area contributed by atoms with Gasteiger partial charge in [-0.1, -0.05) is 0 Å². The summed E-state index contributed by atoms with van der Waals surface area (Å²) in [6.07, 6.45) is 6.61. The normalized spacial score (nSPS) is 23.7. The number of hydrogen-bond donors (Lipinski definition) is 1. The van der Waals surface area contributed by atoms with Gasteiger partial charge in [-0.3, -0.25) is 14.3 Å². The van der Waals surface area contributed by atoms with E-state index in [1.54, 1.807) is 4.90 Å². The summed E-state index contributed by atoms with van der Waals surface area (Å²) in [7, 11) is 0. The number of aryl methyl sites for hydroxylation is 1. The Bertz CT molecular complexity index is 1170. The third-order valence-electron chi connectivity index (χ3n) is 6.74. The van der Waals surface area contributed by atoms with E-state index in [1.807, 2.05) is 23.4 Å². The van der Waals surface area contributed by atoms with E-state index in [0.717, 1.165) is 66.9 Å². The number of likely N-dealkylation sites (tertiary alicyclic amines) is 1. The van der Waals surface area contributed by atoms with Gasteiger partial charge < -0.3 is 19.5 Å². The molecule has 9 nitrogen and oxygen atoms in total. The van der Waals surface area contributed by atoms with Crippen LogP contribution in [0.4, 0.5) is 5.69 Å². The Kier molecular flexibility index (Phi) is 3.76. The van der Waals surface area contributed by atoms with Crippen molar-refractivity contribution in [3.8, 4) is 11.3 Å². The zero-order valence-corrected chi connectivity index (χ0v) is 16.5. The molecule has 0 bridgehead atoms. The number of hydrogen-bond acceptors (Lipinski definition) is 5. The Morgan fingerprint density at radius 1 is 1.20 bits per heavy atom. The van der Waals surface area contributed by atoms with Crippen molar-refractivity contribution in [1.82, 2.24) is 24.6 Å². The van der Waals surface area contributed by atoms with Crippen molar-refractivity contribution in [2.45, 2.75) is 24.8 Å². The molecule has 3 aromatic heterocycles. The third-order valence-corrected chi connectivity index (χ3v) is 6.74. The first-order chi connectivity index (χ1) is 14.7. The quantitative estimate of drug-likeness (QED) is 0.662. The van der Waals surface area contributed by atoms with Crippen molar-refractivity contribution in [1.29, 1.82) is 0 Å². The number of aromatic nitrogens is 4. The number of aromatic amines is 1. The van der Waals surface area contributed by atoms with Crippen molar-refractivity contribution < 1.29 is 14.3 Å². The highest BCUT2D eigenvalue weighted by molar-refractivity contribution is 6.04. The van der Waals surface area contributed by atoms with Crippen LogP contribution in [0.1, 0.15) is 18.5 Å². The highest BCUT2D eigenvalue weighted by atomic mass is 16.5. The molecule has 6 heterocycles. The number of anilines is 1. The van der Waals surface area contributed by atoms with Crippen LogP contribution < -0.4 is 4.90 Å². The van der Waals surface area contributed by atoms with Gasteiger partial charge in [-0.05, 0) is 25.0 Å². The van der Waals surface area contributed by atoms with Gasteiger partial charge in [0.1, 0.15) is 12.3 Å². The largest absolute Gasteiger partial charge is 0.370 e. The predicted octanol–water partition coefficient (Wildman–Crippen LogP) is 1.29. The van der Waals surface area contributed by atoms with E-state index < -0.39 is 0 Å². The predicted molar refractivity (Wildman–Crippen MR) is 109 cm³/mol. The first-order valence-corrected chi connectivity index (χ1v) is 10.3. The lowest BCUT2D eigenvalue weighted by Crippen LogP contribution is -2.41. The molecule has 6 rings (SSSR count). The Balaban J connectivity index is 1.38. The molecule has 9 heteroatoms. The van der Waals surface area contributed by atoms with E-state index in [0.29, 0.717) is 13.2 Å². The fraction of sp³-hybridized carbons (Fsp3) is 0.429. The summed E-state index contributed by atoms with van der Waals surface area (Å²) in [6, 6.07) is 4.20. The molecule has 3 aliphatic heterocycles. The number of ether oxygens (including phenoxy) is 1. The standard InChI is InChI=1S/C21H22N6O3/c28-13-25-3-1-21(12-25)2-4-27-18(21)8-16(24-27)14-7-15-17(10-23-20(15)22-9-14)26-5-6-30-11-19(26)29/h7-10,13H,1-6,11-12H2,(H,22,23). The van der Waals surface area contributed by atoms with Crippen molar-refractivity contribution >= 4 is 29.0 Å². The maximum Gasteiger partial charge on any atom is 0.253 e. The van der Waals surface area contributed by atoms with Crippen LogP contribution in [0.3, 0.4) is 0 Å². The van der Waals surface area contributed by atoms with Crippen LogP contribution in [0.5, 0.6) is 0 Å². The van der Waals surface area contributed by atoms with Gasteiger partial charge in [0, 0.05) is 60.6 Å². The first kappa shape index (κ1) is 17.6. The molecular weight excluding hydrogens is 384 g/mol. The Hall–Kier alpha value is -3.20. The zero-order chi connectivity index (χ0) is 20.3. The molecule has 30 heavy (non-hydrogen) atoms. The summed E-state index contributed by atoms with van der Waals surface area (Å²) in [5.41, 5.74) is 4.60. The summed E-state index contributed by atoms with van der Waals surface area (Å²) in [4.78, 5) is 34.9. The number of morpholine rings is 1. The number of rotatable bonds is 3. The van der Waals surface area contributed by atoms with Gasteiger partial charge in [-0.25, -0.2) is 4.98 Å². The monoisotopic (exact) mass is 406 g/mol. The fourth-order valence-corrected chi connectivity index (χ4v) is 5.14. The average molecular weight is 406 g/mol. The summed E-state index contributed by atoms with van der Waals surface area (Å²) < 4.78 is 7.34. The molecule has 2 amide bonds. The van der Waals surface area contributed by atoms with E-state index in [9.17, 15) is 9.59 Å². The van der Waals surface area contributed by atoms with Crippen molar-refractivity contribution in [3.05, 3.63) is 30.2 Å². The SMILES string of the molecule is O=CN1CCC2(CCn3nc(-c4cnc5[nH]cc(N6CCOCC6=O)c5c4)cc32)C1. The summed E-state index contributed by atoms with van der Waals surface area (Å²) >= 11 is 0. The molecule has 1 atom stereocenters. The fourth-order valence-electron chi connectivity index (χ4n) is 5.14. The minimum absolute atomic E-state index is 0.0170. The van der Waals surface area contributed by atoms with Crippen molar-refractivity contribution in [2.75, 3.05) is 37.7 Å². The summed E-state index contributed by atoms with van der Waals surface area (Å²) in [5.74, 6) is -0.0450. The van der Waals surface area contributed by atoms with Crippen molar-refractivity contribution in [3.63, 3.8) is 0 Å². The molecule has 1 spiro atoms. The summed E-state index contributed by atoms with van der Waals surface area (Å²) in [6.45, 7) is 3.60. The van der Waals surface area contributed by atoms with Gasteiger partial charge in [0.2, 0.25) is 6.41 Å². The maximum atomic E-state index is 12.3. The second-order valence-corrected chi connectivity index (χ2v) is 8.39. The smallest absolute Gasteiger partial charge is 0.253 e. The Morgan fingerprint density at radius 3 is 2.93 bits per heavy atom. The number of nitrogens with zero attached hydrogens (tertiary/aromatic N) is 5. The second kappa shape index (κ2) is 6.40. The van der Waals surface area contributed by atoms with Gasteiger partial charge in [0.15, 0.2) is 0 Å². The average Bonchev–Trinajstić information content (AvgIpc) is 3.53. The number of carbonyl (C=O) groups excluding carboxylic acids is 2. The molecule has 0 aliphatic carbocycles. The summed E-state index contributed by atoms with van der Waals surface area (Å²) in [5, 5.41) is 5.74. The van der Waals surface area contributed by atoms with Crippen LogP contribution in [0, 0.1) is 0 Å². The van der Waals surface area contributed by atoms with Gasteiger partial charge in [0.25, 0.3) is 5.91 Å². The van der Waals surface area contributed by atoms with Crippen LogP contribution in [-0.2, 0) is 26.3 Å². The molecular formula is C21H22N6O3. The van der Waals surface area contributed by atoms with Gasteiger partial charge in [0.05, 0.1) is 18.0 Å².